The Bertz CT molecular complexity index is 2120. The highest BCUT2D eigenvalue weighted by atomic mass is 14.7. The van der Waals surface area contributed by atoms with E-state index in [9.17, 15) is 0 Å². The molecule has 0 amide bonds. The van der Waals surface area contributed by atoms with Crippen LogP contribution in [0.3, 0.4) is 0 Å². The lowest BCUT2D eigenvalue weighted by molar-refractivity contribution is 1.41. The van der Waals surface area contributed by atoms with Crippen LogP contribution in [0.1, 0.15) is 0 Å². The number of fused-ring (bicyclic) bond motifs is 3. The topological polar surface area (TPSA) is 25.8 Å². The largest absolute Gasteiger partial charge is 0.256 e. The van der Waals surface area contributed by atoms with Crippen LogP contribution in [0.4, 0.5) is 0 Å². The van der Waals surface area contributed by atoms with E-state index in [1.807, 2.05) is 24.5 Å². The molecule has 2 heteroatoms. The Morgan fingerprint density at radius 3 is 1.32 bits per heavy atom. The van der Waals surface area contributed by atoms with Crippen LogP contribution in [0.2, 0.25) is 0 Å². The Labute approximate surface area is 218 Å². The van der Waals surface area contributed by atoms with Crippen LogP contribution in [-0.2, 0) is 0 Å². The zero-order valence-electron chi connectivity index (χ0n) is 20.4. The molecule has 0 aliphatic heterocycles. The summed E-state index contributed by atoms with van der Waals surface area (Å²) >= 11 is 0. The molecule has 0 bridgehead atoms. The third kappa shape index (κ3) is 2.51. The lowest BCUT2D eigenvalue weighted by Crippen LogP contribution is -1.87. The molecule has 0 saturated heterocycles. The molecule has 0 atom stereocenters. The van der Waals surface area contributed by atoms with Gasteiger partial charge in [0.2, 0.25) is 0 Å². The Hall–Kier alpha value is -5.08. The van der Waals surface area contributed by atoms with Crippen LogP contribution in [0.15, 0.2) is 122 Å². The van der Waals surface area contributed by atoms with Gasteiger partial charge in [-0.3, -0.25) is 9.97 Å². The molecular weight excluding hydrogens is 460 g/mol. The van der Waals surface area contributed by atoms with Gasteiger partial charge in [-0.1, -0.05) is 97.1 Å². The quantitative estimate of drug-likeness (QED) is 0.230. The third-order valence-corrected chi connectivity index (χ3v) is 8.27. The fraction of sp³-hybridized carbons (Fsp3) is 0. The molecule has 0 N–H and O–H groups in total. The van der Waals surface area contributed by atoms with Crippen LogP contribution < -0.4 is 0 Å². The Kier molecular flexibility index (Phi) is 3.82. The highest BCUT2D eigenvalue weighted by molar-refractivity contribution is 6.35. The monoisotopic (exact) mass is 480 g/mol. The van der Waals surface area contributed by atoms with E-state index in [0.717, 1.165) is 21.8 Å². The van der Waals surface area contributed by atoms with E-state index >= 15 is 0 Å². The minimum atomic E-state index is 1.05. The van der Waals surface area contributed by atoms with Gasteiger partial charge in [0, 0.05) is 34.3 Å². The number of para-hydroxylation sites is 2. The van der Waals surface area contributed by atoms with Crippen LogP contribution >= 0.6 is 0 Å². The van der Waals surface area contributed by atoms with E-state index in [-0.39, 0.29) is 0 Å². The number of benzene rings is 6. The second-order valence-electron chi connectivity index (χ2n) is 10.2. The number of hydrogen-bond acceptors (Lipinski definition) is 2. The second kappa shape index (κ2) is 7.24. The van der Waals surface area contributed by atoms with Gasteiger partial charge in [-0.2, -0.15) is 0 Å². The highest BCUT2D eigenvalue weighted by Crippen LogP contribution is 2.51. The number of hydrogen-bond donors (Lipinski definition) is 0. The molecule has 0 unspecified atom stereocenters. The fourth-order valence-electron chi connectivity index (χ4n) is 6.67. The first-order chi connectivity index (χ1) is 18.9. The zero-order chi connectivity index (χ0) is 24.8. The summed E-state index contributed by atoms with van der Waals surface area (Å²) in [6, 6.07) is 39.6. The predicted octanol–water partition coefficient (Wildman–Crippen LogP) is 9.56. The van der Waals surface area contributed by atoms with Crippen molar-refractivity contribution in [2.75, 3.05) is 0 Å². The van der Waals surface area contributed by atoms with E-state index in [2.05, 4.69) is 97.1 Å². The maximum Gasteiger partial charge on any atom is 0.0780 e. The number of aromatic nitrogens is 2. The molecular formula is C36H20N2. The molecule has 9 rings (SSSR count). The van der Waals surface area contributed by atoms with E-state index in [1.54, 1.807) is 0 Å². The predicted molar refractivity (Wildman–Crippen MR) is 159 cm³/mol. The van der Waals surface area contributed by atoms with Gasteiger partial charge in [0.1, 0.15) is 0 Å². The van der Waals surface area contributed by atoms with Crippen molar-refractivity contribution in [3.63, 3.8) is 0 Å². The molecule has 2 nitrogen and oxygen atoms in total. The molecule has 174 valence electrons. The summed E-state index contributed by atoms with van der Waals surface area (Å²) in [5.74, 6) is 0. The van der Waals surface area contributed by atoms with Crippen LogP contribution in [-0.4, -0.2) is 9.97 Å². The van der Waals surface area contributed by atoms with Gasteiger partial charge in [-0.15, -0.1) is 0 Å². The molecule has 0 radical (unpaired) electrons. The van der Waals surface area contributed by atoms with Crippen molar-refractivity contribution < 1.29 is 0 Å². The smallest absolute Gasteiger partial charge is 0.0780 e. The van der Waals surface area contributed by atoms with Gasteiger partial charge < -0.3 is 0 Å². The SMILES string of the molecule is c1cnc2c(-c3ccc4c5c3ccc3ccc6c(-c7cccc8cccnc78)ccc-4c6c35)cccc2c1. The maximum atomic E-state index is 4.76. The molecule has 6 aromatic carbocycles. The summed E-state index contributed by atoms with van der Waals surface area (Å²) in [6.07, 6.45) is 3.78. The molecule has 0 spiro atoms. The standard InChI is InChI=1S/C36H20N2/c1-5-22-7-3-19-37-35(22)30(9-1)24-15-17-28-29-18-16-25(31-10-2-6-23-8-4-20-38-36(23)31)27-14-12-21-11-13-26(24)33(28)32(21)34(27)29/h1-20H. The van der Waals surface area contributed by atoms with Crippen LogP contribution in [0, 0.1) is 0 Å². The average Bonchev–Trinajstić information content (AvgIpc) is 3.33. The summed E-state index contributed by atoms with van der Waals surface area (Å²) < 4.78 is 0. The molecule has 2 aromatic heterocycles. The molecule has 8 aromatic rings. The first kappa shape index (κ1) is 20.0. The van der Waals surface area contributed by atoms with E-state index < -0.39 is 0 Å². The number of rotatable bonds is 2. The first-order valence-corrected chi connectivity index (χ1v) is 13.0. The summed E-state index contributed by atoms with van der Waals surface area (Å²) in [5, 5.41) is 10.2. The van der Waals surface area contributed by atoms with E-state index in [0.29, 0.717) is 0 Å². The second-order valence-corrected chi connectivity index (χ2v) is 10.2. The van der Waals surface area contributed by atoms with Gasteiger partial charge in [-0.05, 0) is 66.7 Å². The molecule has 1 aliphatic carbocycles. The van der Waals surface area contributed by atoms with Gasteiger partial charge in [0.15, 0.2) is 0 Å². The van der Waals surface area contributed by atoms with Crippen molar-refractivity contribution >= 4 is 54.1 Å². The molecule has 0 saturated carbocycles. The Balaban J connectivity index is 1.40. The molecule has 1 aliphatic rings. The van der Waals surface area contributed by atoms with Crippen molar-refractivity contribution in [2.45, 2.75) is 0 Å². The van der Waals surface area contributed by atoms with Crippen molar-refractivity contribution in [2.24, 2.45) is 0 Å². The van der Waals surface area contributed by atoms with Crippen molar-refractivity contribution in [1.29, 1.82) is 0 Å². The summed E-state index contributed by atoms with van der Waals surface area (Å²) in [5.41, 5.74) is 9.55. The van der Waals surface area contributed by atoms with Gasteiger partial charge in [0.25, 0.3) is 0 Å². The molecule has 38 heavy (non-hydrogen) atoms. The van der Waals surface area contributed by atoms with Crippen molar-refractivity contribution in [1.82, 2.24) is 9.97 Å². The Morgan fingerprint density at radius 2 is 0.789 bits per heavy atom. The van der Waals surface area contributed by atoms with Gasteiger partial charge in [0.05, 0.1) is 11.0 Å². The van der Waals surface area contributed by atoms with E-state index in [4.69, 9.17) is 9.97 Å². The van der Waals surface area contributed by atoms with Gasteiger partial charge in [-0.25, -0.2) is 0 Å². The number of nitrogens with zero attached hydrogens (tertiary/aromatic N) is 2. The third-order valence-electron chi connectivity index (χ3n) is 8.27. The lowest BCUT2D eigenvalue weighted by atomic mass is 9.92. The average molecular weight is 481 g/mol. The normalized spacial score (nSPS) is 12.2. The van der Waals surface area contributed by atoms with Crippen molar-refractivity contribution in [3.8, 4) is 33.4 Å². The van der Waals surface area contributed by atoms with E-state index in [1.165, 1.54) is 65.7 Å². The molecule has 0 fully saturated rings. The summed E-state index contributed by atoms with van der Waals surface area (Å²) in [6.45, 7) is 0. The minimum Gasteiger partial charge on any atom is -0.256 e. The highest BCUT2D eigenvalue weighted by Gasteiger charge is 2.24. The zero-order valence-corrected chi connectivity index (χ0v) is 20.4. The minimum absolute atomic E-state index is 1.05. The van der Waals surface area contributed by atoms with Crippen LogP contribution in [0.5, 0.6) is 0 Å². The van der Waals surface area contributed by atoms with Crippen molar-refractivity contribution in [3.05, 3.63) is 122 Å². The maximum absolute atomic E-state index is 4.76. The lowest BCUT2D eigenvalue weighted by Gasteiger charge is -2.12. The Morgan fingerprint density at radius 1 is 0.316 bits per heavy atom. The summed E-state index contributed by atoms with van der Waals surface area (Å²) in [4.78, 5) is 9.52. The molecule has 2 heterocycles. The summed E-state index contributed by atoms with van der Waals surface area (Å²) in [7, 11) is 0. The number of pyridine rings is 2. The van der Waals surface area contributed by atoms with Gasteiger partial charge >= 0.3 is 0 Å². The first-order valence-electron chi connectivity index (χ1n) is 13.0. The van der Waals surface area contributed by atoms with Crippen LogP contribution in [0.25, 0.3) is 87.5 Å². The fourth-order valence-corrected chi connectivity index (χ4v) is 6.67.